The molecule has 1 aliphatic rings. The monoisotopic (exact) mass is 440 g/mol. The lowest BCUT2D eigenvalue weighted by Crippen LogP contribution is -2.59. The molecule has 2 heterocycles. The van der Waals surface area contributed by atoms with E-state index in [1.165, 1.54) is 4.90 Å². The average Bonchev–Trinajstić information content (AvgIpc) is 2.68. The van der Waals surface area contributed by atoms with Crippen LogP contribution >= 0.6 is 0 Å². The number of piperidine rings is 1. The second-order valence-electron chi connectivity index (χ2n) is 7.52. The number of rotatable bonds is 6. The molecule has 1 atom stereocenters. The van der Waals surface area contributed by atoms with Crippen LogP contribution < -0.4 is 16.1 Å². The smallest absolute Gasteiger partial charge is 0.341 e. The molecule has 0 radical (unpaired) electrons. The second-order valence-corrected chi connectivity index (χ2v) is 7.52. The normalized spacial score (nSPS) is 20.5. The number of halogens is 3. The second kappa shape index (κ2) is 8.58. The quantitative estimate of drug-likeness (QED) is 0.667. The van der Waals surface area contributed by atoms with Crippen LogP contribution in [0, 0.1) is 11.6 Å². The van der Waals surface area contributed by atoms with Crippen molar-refractivity contribution >= 4 is 28.3 Å². The number of nitrogens with zero attached hydrogens (tertiary/aromatic N) is 3. The van der Waals surface area contributed by atoms with Crippen molar-refractivity contribution in [1.82, 2.24) is 4.57 Å². The Hall–Kier alpha value is -3.08. The lowest BCUT2D eigenvalue weighted by atomic mass is 9.89. The van der Waals surface area contributed by atoms with Crippen molar-refractivity contribution in [1.29, 1.82) is 0 Å². The number of aromatic carboxylic acids is 1. The van der Waals surface area contributed by atoms with Crippen molar-refractivity contribution in [2.75, 3.05) is 31.3 Å². The minimum Gasteiger partial charge on any atom is -0.477 e. The Bertz CT molecular complexity index is 1110. The number of fused-ring (bicyclic) bond motifs is 1. The molecule has 0 saturated carbocycles. The molecule has 168 valence electrons. The van der Waals surface area contributed by atoms with Gasteiger partial charge < -0.3 is 25.1 Å². The van der Waals surface area contributed by atoms with Crippen molar-refractivity contribution < 1.29 is 27.9 Å². The van der Waals surface area contributed by atoms with Crippen LogP contribution in [0.5, 0.6) is 0 Å². The Morgan fingerprint density at radius 3 is 2.71 bits per heavy atom. The van der Waals surface area contributed by atoms with Gasteiger partial charge in [0.15, 0.2) is 5.82 Å². The standard InChI is InChI=1S/C20H23F3N4O4/c1-3-31-25-14-4-6-27(10-20(14,2)24)17-13(22)8-11-16(15(17)23)26(7-5-21)9-12(18(11)28)19(29)30/h8-9H,3-7,10,24H2,1-2H3,(H,29,30)/b25-14-. The molecule has 1 aliphatic heterocycles. The van der Waals surface area contributed by atoms with Crippen LogP contribution in [0.25, 0.3) is 10.9 Å². The number of carboxylic acid groups (broad SMARTS) is 1. The first-order chi connectivity index (χ1) is 14.6. The molecular weight excluding hydrogens is 417 g/mol. The van der Waals surface area contributed by atoms with E-state index < -0.39 is 58.4 Å². The number of aromatic nitrogens is 1. The summed E-state index contributed by atoms with van der Waals surface area (Å²) in [6.45, 7) is 2.62. The third-order valence-electron chi connectivity index (χ3n) is 5.20. The fraction of sp³-hybridized carbons (Fsp3) is 0.450. The van der Waals surface area contributed by atoms with Crippen LogP contribution in [-0.4, -0.2) is 53.3 Å². The Morgan fingerprint density at radius 2 is 2.13 bits per heavy atom. The zero-order valence-electron chi connectivity index (χ0n) is 17.1. The van der Waals surface area contributed by atoms with Gasteiger partial charge in [0.2, 0.25) is 5.43 Å². The van der Waals surface area contributed by atoms with Gasteiger partial charge in [-0.25, -0.2) is 18.0 Å². The number of hydrogen-bond acceptors (Lipinski definition) is 6. The molecule has 3 N–H and O–H groups in total. The molecule has 0 aliphatic carbocycles. The van der Waals surface area contributed by atoms with Crippen LogP contribution in [0.3, 0.4) is 0 Å². The molecule has 0 bridgehead atoms. The average molecular weight is 440 g/mol. The zero-order chi connectivity index (χ0) is 22.9. The summed E-state index contributed by atoms with van der Waals surface area (Å²) in [4.78, 5) is 30.3. The Morgan fingerprint density at radius 1 is 1.42 bits per heavy atom. The van der Waals surface area contributed by atoms with Gasteiger partial charge >= 0.3 is 5.97 Å². The third kappa shape index (κ3) is 4.09. The fourth-order valence-corrected chi connectivity index (χ4v) is 3.76. The highest BCUT2D eigenvalue weighted by Gasteiger charge is 2.36. The molecule has 0 spiro atoms. The van der Waals surface area contributed by atoms with Gasteiger partial charge in [0, 0.05) is 25.7 Å². The lowest BCUT2D eigenvalue weighted by Gasteiger charge is -2.40. The summed E-state index contributed by atoms with van der Waals surface area (Å²) in [5, 5.41) is 12.7. The van der Waals surface area contributed by atoms with Gasteiger partial charge in [-0.15, -0.1) is 0 Å². The maximum atomic E-state index is 15.6. The van der Waals surface area contributed by atoms with Gasteiger partial charge in [-0.2, -0.15) is 0 Å². The Labute approximate surface area is 175 Å². The minimum absolute atomic E-state index is 0.0127. The number of oxime groups is 1. The number of nitrogens with two attached hydrogens (primary N) is 1. The summed E-state index contributed by atoms with van der Waals surface area (Å²) in [5.41, 5.74) is 3.28. The van der Waals surface area contributed by atoms with E-state index in [1.54, 1.807) is 13.8 Å². The van der Waals surface area contributed by atoms with Crippen molar-refractivity contribution in [2.45, 2.75) is 32.4 Å². The van der Waals surface area contributed by atoms with Gasteiger partial charge in [0.1, 0.15) is 30.3 Å². The van der Waals surface area contributed by atoms with E-state index in [4.69, 9.17) is 10.6 Å². The molecule has 3 rings (SSSR count). The van der Waals surface area contributed by atoms with Crippen molar-refractivity contribution in [3.8, 4) is 0 Å². The van der Waals surface area contributed by atoms with Gasteiger partial charge in [0.05, 0.1) is 28.7 Å². The highest BCUT2D eigenvalue weighted by molar-refractivity contribution is 5.96. The van der Waals surface area contributed by atoms with Gasteiger partial charge in [-0.1, -0.05) is 5.16 Å². The summed E-state index contributed by atoms with van der Waals surface area (Å²) < 4.78 is 44.6. The van der Waals surface area contributed by atoms with E-state index in [9.17, 15) is 23.5 Å². The largest absolute Gasteiger partial charge is 0.477 e. The molecular formula is C20H23F3N4O4. The van der Waals surface area contributed by atoms with Crippen LogP contribution in [0.2, 0.25) is 0 Å². The number of hydrogen-bond donors (Lipinski definition) is 2. The first-order valence-electron chi connectivity index (χ1n) is 9.69. The molecule has 31 heavy (non-hydrogen) atoms. The number of benzene rings is 1. The van der Waals surface area contributed by atoms with E-state index in [1.807, 2.05) is 0 Å². The van der Waals surface area contributed by atoms with Gasteiger partial charge in [-0.05, 0) is 19.9 Å². The Balaban J connectivity index is 2.17. The van der Waals surface area contributed by atoms with Crippen LogP contribution in [-0.2, 0) is 11.4 Å². The third-order valence-corrected chi connectivity index (χ3v) is 5.20. The van der Waals surface area contributed by atoms with Crippen LogP contribution in [0.15, 0.2) is 22.2 Å². The summed E-state index contributed by atoms with van der Waals surface area (Å²) in [7, 11) is 0. The first kappa shape index (κ1) is 22.6. The number of alkyl halides is 1. The summed E-state index contributed by atoms with van der Waals surface area (Å²) in [6.07, 6.45) is 1.16. The van der Waals surface area contributed by atoms with Gasteiger partial charge in [-0.3, -0.25) is 4.79 Å². The molecule has 1 aromatic carbocycles. The fourth-order valence-electron chi connectivity index (χ4n) is 3.76. The minimum atomic E-state index is -1.57. The predicted octanol–water partition coefficient (Wildman–Crippen LogP) is 2.27. The van der Waals surface area contributed by atoms with E-state index in [-0.39, 0.29) is 18.6 Å². The topological polar surface area (TPSA) is 110 Å². The molecule has 1 fully saturated rings. The highest BCUT2D eigenvalue weighted by Crippen LogP contribution is 2.33. The SMILES string of the molecule is CCO/N=C1/CCN(c2c(F)cc3c(=O)c(C(=O)O)cn(CCF)c3c2F)CC1(C)N. The number of carboxylic acids is 1. The molecule has 2 aromatic rings. The number of carbonyl (C=O) groups is 1. The molecule has 1 unspecified atom stereocenters. The maximum absolute atomic E-state index is 15.6. The molecule has 8 nitrogen and oxygen atoms in total. The molecule has 1 saturated heterocycles. The predicted molar refractivity (Wildman–Crippen MR) is 110 cm³/mol. The first-order valence-corrected chi connectivity index (χ1v) is 9.69. The number of pyridine rings is 1. The van der Waals surface area contributed by atoms with E-state index in [2.05, 4.69) is 5.16 Å². The zero-order valence-corrected chi connectivity index (χ0v) is 17.1. The van der Waals surface area contributed by atoms with E-state index in [0.29, 0.717) is 18.7 Å². The number of anilines is 1. The summed E-state index contributed by atoms with van der Waals surface area (Å²) in [6, 6.07) is 0.787. The van der Waals surface area contributed by atoms with Crippen molar-refractivity contribution in [3.05, 3.63) is 39.7 Å². The maximum Gasteiger partial charge on any atom is 0.341 e. The van der Waals surface area contributed by atoms with Crippen molar-refractivity contribution in [3.63, 3.8) is 0 Å². The number of aryl methyl sites for hydroxylation is 1. The Kier molecular flexibility index (Phi) is 6.25. The van der Waals surface area contributed by atoms with E-state index >= 15 is 4.39 Å². The van der Waals surface area contributed by atoms with Gasteiger partial charge in [0.25, 0.3) is 0 Å². The van der Waals surface area contributed by atoms with Crippen molar-refractivity contribution in [2.24, 2.45) is 10.9 Å². The summed E-state index contributed by atoms with van der Waals surface area (Å²) >= 11 is 0. The van der Waals surface area contributed by atoms with Crippen LogP contribution in [0.1, 0.15) is 30.6 Å². The highest BCUT2D eigenvalue weighted by atomic mass is 19.1. The molecule has 11 heteroatoms. The van der Waals surface area contributed by atoms with E-state index in [0.717, 1.165) is 16.8 Å². The lowest BCUT2D eigenvalue weighted by molar-refractivity contribution is 0.0694. The molecule has 0 amide bonds. The molecule has 1 aromatic heterocycles. The van der Waals surface area contributed by atoms with Crippen LogP contribution in [0.4, 0.5) is 18.9 Å². The summed E-state index contributed by atoms with van der Waals surface area (Å²) in [5.74, 6) is -3.70.